The van der Waals surface area contributed by atoms with Crippen molar-refractivity contribution in [3.05, 3.63) is 35.9 Å². The molecule has 7 heteroatoms. The third kappa shape index (κ3) is 6.32. The van der Waals surface area contributed by atoms with Gasteiger partial charge in [0.05, 0.1) is 0 Å². The van der Waals surface area contributed by atoms with Gasteiger partial charge in [-0.2, -0.15) is 8.42 Å². The molecule has 19 heavy (non-hydrogen) atoms. The van der Waals surface area contributed by atoms with Gasteiger partial charge in [-0.05, 0) is 18.4 Å². The minimum atomic E-state index is -4.23. The van der Waals surface area contributed by atoms with E-state index in [0.29, 0.717) is 0 Å². The largest absolute Gasteiger partial charge is 0.461 e. The fourth-order valence-electron chi connectivity index (χ4n) is 1.41. The predicted molar refractivity (Wildman–Crippen MR) is 69.6 cm³/mol. The van der Waals surface area contributed by atoms with E-state index in [1.165, 1.54) is 0 Å². The van der Waals surface area contributed by atoms with Crippen LogP contribution in [0.4, 0.5) is 0 Å². The number of hydrogen-bond acceptors (Lipinski definition) is 5. The zero-order valence-corrected chi connectivity index (χ0v) is 11.2. The summed E-state index contributed by atoms with van der Waals surface area (Å²) in [5.41, 5.74) is 6.09. The number of esters is 1. The molecule has 0 radical (unpaired) electrons. The molecule has 1 aromatic rings. The van der Waals surface area contributed by atoms with Gasteiger partial charge in [0.1, 0.15) is 12.0 Å². The quantitative estimate of drug-likeness (QED) is 0.574. The molecule has 0 amide bonds. The second kappa shape index (κ2) is 7.22. The summed E-state index contributed by atoms with van der Waals surface area (Å²) in [4.78, 5) is 11.4. The van der Waals surface area contributed by atoms with Crippen LogP contribution in [0, 0.1) is 0 Å². The summed E-state index contributed by atoms with van der Waals surface area (Å²) in [6.07, 6.45) is 0.323. The maximum atomic E-state index is 11.4. The molecule has 1 aromatic carbocycles. The molecule has 0 aliphatic carbocycles. The number of nitrogens with two attached hydrogens (primary N) is 1. The first-order valence-electron chi connectivity index (χ1n) is 5.81. The number of hydrogen-bond donors (Lipinski definition) is 2. The number of carbonyl (C=O) groups excluding carboxylic acids is 1. The van der Waals surface area contributed by atoms with E-state index in [0.717, 1.165) is 5.56 Å². The smallest absolute Gasteiger partial charge is 0.306 e. The monoisotopic (exact) mass is 287 g/mol. The maximum absolute atomic E-state index is 11.4. The fourth-order valence-corrected chi connectivity index (χ4v) is 1.87. The summed E-state index contributed by atoms with van der Waals surface area (Å²) in [5, 5.41) is -1.35. The SMILES string of the molecule is NC(CCCC(=O)OCc1ccccc1)S(=O)(=O)O. The second-order valence-corrected chi connectivity index (χ2v) is 5.73. The molecule has 0 fully saturated rings. The Morgan fingerprint density at radius 2 is 1.95 bits per heavy atom. The summed E-state index contributed by atoms with van der Waals surface area (Å²) in [5.74, 6) is -0.425. The van der Waals surface area contributed by atoms with Crippen LogP contribution in [0.2, 0.25) is 0 Å². The van der Waals surface area contributed by atoms with Gasteiger partial charge in [0, 0.05) is 6.42 Å². The van der Waals surface area contributed by atoms with Crippen molar-refractivity contribution in [2.45, 2.75) is 31.2 Å². The maximum Gasteiger partial charge on any atom is 0.306 e. The van der Waals surface area contributed by atoms with Gasteiger partial charge < -0.3 is 10.5 Å². The Labute approximate surface area is 112 Å². The molecule has 1 atom stereocenters. The molecule has 0 saturated carbocycles. The van der Waals surface area contributed by atoms with Gasteiger partial charge in [0.25, 0.3) is 10.1 Å². The lowest BCUT2D eigenvalue weighted by molar-refractivity contribution is -0.145. The van der Waals surface area contributed by atoms with Gasteiger partial charge >= 0.3 is 5.97 Å². The van der Waals surface area contributed by atoms with E-state index in [-0.39, 0.29) is 25.9 Å². The summed E-state index contributed by atoms with van der Waals surface area (Å²) in [7, 11) is -4.23. The highest BCUT2D eigenvalue weighted by Crippen LogP contribution is 2.07. The Morgan fingerprint density at radius 1 is 1.32 bits per heavy atom. The minimum Gasteiger partial charge on any atom is -0.461 e. The lowest BCUT2D eigenvalue weighted by atomic mass is 10.2. The second-order valence-electron chi connectivity index (χ2n) is 4.09. The molecule has 6 nitrogen and oxygen atoms in total. The predicted octanol–water partition coefficient (Wildman–Crippen LogP) is 1.07. The van der Waals surface area contributed by atoms with E-state index in [1.54, 1.807) is 0 Å². The molecule has 0 saturated heterocycles. The molecule has 0 bridgehead atoms. The zero-order valence-electron chi connectivity index (χ0n) is 10.4. The number of benzene rings is 1. The van der Waals surface area contributed by atoms with Gasteiger partial charge in [-0.15, -0.1) is 0 Å². The van der Waals surface area contributed by atoms with Crippen molar-refractivity contribution in [1.29, 1.82) is 0 Å². The van der Waals surface area contributed by atoms with Crippen LogP contribution in [-0.4, -0.2) is 24.3 Å². The van der Waals surface area contributed by atoms with Crippen LogP contribution in [0.1, 0.15) is 24.8 Å². The normalized spacial score (nSPS) is 12.9. The number of carbonyl (C=O) groups is 1. The fraction of sp³-hybridized carbons (Fsp3) is 0.417. The van der Waals surface area contributed by atoms with E-state index in [2.05, 4.69) is 0 Å². The Balaban J connectivity index is 2.22. The van der Waals surface area contributed by atoms with Crippen LogP contribution >= 0.6 is 0 Å². The van der Waals surface area contributed by atoms with Crippen LogP contribution in [0.25, 0.3) is 0 Å². The summed E-state index contributed by atoms with van der Waals surface area (Å²) in [6.45, 7) is 0.185. The van der Waals surface area contributed by atoms with Gasteiger partial charge in [-0.3, -0.25) is 9.35 Å². The lowest BCUT2D eigenvalue weighted by Crippen LogP contribution is -2.29. The average molecular weight is 287 g/mol. The average Bonchev–Trinajstić information content (AvgIpc) is 2.36. The molecule has 1 unspecified atom stereocenters. The van der Waals surface area contributed by atoms with Crippen molar-refractivity contribution in [3.8, 4) is 0 Å². The molecule has 0 spiro atoms. The molecule has 3 N–H and O–H groups in total. The van der Waals surface area contributed by atoms with Crippen molar-refractivity contribution < 1.29 is 22.5 Å². The third-order valence-corrected chi connectivity index (χ3v) is 3.50. The van der Waals surface area contributed by atoms with Gasteiger partial charge in [-0.1, -0.05) is 30.3 Å². The Kier molecular flexibility index (Phi) is 5.94. The first kappa shape index (κ1) is 15.6. The molecule has 106 valence electrons. The van der Waals surface area contributed by atoms with Crippen LogP contribution in [-0.2, 0) is 26.3 Å². The van der Waals surface area contributed by atoms with E-state index < -0.39 is 21.5 Å². The standard InChI is InChI=1S/C12H17NO5S/c13-11(19(15,16)17)7-4-8-12(14)18-9-10-5-2-1-3-6-10/h1-3,5-6,11H,4,7-9,13H2,(H,15,16,17). The summed E-state index contributed by atoms with van der Waals surface area (Å²) in [6, 6.07) is 9.22. The molecule has 0 heterocycles. The third-order valence-electron chi connectivity index (χ3n) is 2.49. The molecular formula is C12H17NO5S. The van der Waals surface area contributed by atoms with E-state index in [9.17, 15) is 13.2 Å². The van der Waals surface area contributed by atoms with Gasteiger partial charge in [0.15, 0.2) is 0 Å². The van der Waals surface area contributed by atoms with Crippen molar-refractivity contribution in [1.82, 2.24) is 0 Å². The van der Waals surface area contributed by atoms with E-state index in [4.69, 9.17) is 15.0 Å². The minimum absolute atomic E-state index is 0.0132. The zero-order chi connectivity index (χ0) is 14.3. The Morgan fingerprint density at radius 3 is 2.53 bits per heavy atom. The topological polar surface area (TPSA) is 107 Å². The van der Waals surface area contributed by atoms with Crippen molar-refractivity contribution in [2.24, 2.45) is 5.73 Å². The molecular weight excluding hydrogens is 270 g/mol. The molecule has 1 rings (SSSR count). The molecule has 0 aromatic heterocycles. The Hall–Kier alpha value is -1.44. The van der Waals surface area contributed by atoms with Crippen molar-refractivity contribution >= 4 is 16.1 Å². The van der Waals surface area contributed by atoms with Crippen molar-refractivity contribution in [2.75, 3.05) is 0 Å². The van der Waals surface area contributed by atoms with Crippen LogP contribution in [0.3, 0.4) is 0 Å². The van der Waals surface area contributed by atoms with Gasteiger partial charge in [0.2, 0.25) is 0 Å². The summed E-state index contributed by atoms with van der Waals surface area (Å²) >= 11 is 0. The first-order valence-corrected chi connectivity index (χ1v) is 7.31. The van der Waals surface area contributed by atoms with Crippen molar-refractivity contribution in [3.63, 3.8) is 0 Å². The summed E-state index contributed by atoms with van der Waals surface area (Å²) < 4.78 is 34.9. The number of ether oxygens (including phenoxy) is 1. The number of rotatable bonds is 7. The highest BCUT2D eigenvalue weighted by Gasteiger charge is 2.17. The molecule has 0 aliphatic heterocycles. The van der Waals surface area contributed by atoms with Gasteiger partial charge in [-0.25, -0.2) is 0 Å². The Bertz CT molecular complexity index is 500. The molecule has 0 aliphatic rings. The van der Waals surface area contributed by atoms with E-state index >= 15 is 0 Å². The first-order chi connectivity index (χ1) is 8.89. The van der Waals surface area contributed by atoms with E-state index in [1.807, 2.05) is 30.3 Å². The highest BCUT2D eigenvalue weighted by atomic mass is 32.2. The van der Waals surface area contributed by atoms with Crippen LogP contribution in [0.5, 0.6) is 0 Å². The highest BCUT2D eigenvalue weighted by molar-refractivity contribution is 7.86. The lowest BCUT2D eigenvalue weighted by Gasteiger charge is -2.08. The van der Waals surface area contributed by atoms with Crippen LogP contribution < -0.4 is 5.73 Å². The van der Waals surface area contributed by atoms with Crippen LogP contribution in [0.15, 0.2) is 30.3 Å².